The van der Waals surface area contributed by atoms with Crippen molar-refractivity contribution in [3.8, 4) is 23.3 Å². The maximum atomic E-state index is 15.1. The molecule has 14 atom stereocenters. The van der Waals surface area contributed by atoms with Gasteiger partial charge in [0.25, 0.3) is 0 Å². The van der Waals surface area contributed by atoms with E-state index in [4.69, 9.17) is 57.8 Å². The molecule has 0 bridgehead atoms. The summed E-state index contributed by atoms with van der Waals surface area (Å²) in [7, 11) is -2.23. The number of alkyl halides is 6. The number of esters is 2. The van der Waals surface area contributed by atoms with Crippen LogP contribution in [0.1, 0.15) is 222 Å². The number of methoxy groups -OCH3 is 4. The quantitative estimate of drug-likeness (QED) is 0.0374. The van der Waals surface area contributed by atoms with Crippen LogP contribution < -0.4 is 28.4 Å². The summed E-state index contributed by atoms with van der Waals surface area (Å²) in [4.78, 5) is 137. The van der Waals surface area contributed by atoms with E-state index in [1.807, 2.05) is 65.8 Å². The number of ether oxygens (including phenoxy) is 8. The van der Waals surface area contributed by atoms with E-state index >= 15 is 9.59 Å². The normalized spacial score (nSPS) is 28.6. The van der Waals surface area contributed by atoms with Crippen LogP contribution in [0.3, 0.4) is 0 Å². The number of carbonyl (C=O) groups is 8. The minimum atomic E-state index is -4.90. The molecule has 6 fully saturated rings. The van der Waals surface area contributed by atoms with Crippen LogP contribution in [0.5, 0.6) is 23.3 Å². The van der Waals surface area contributed by atoms with Crippen molar-refractivity contribution in [1.82, 2.24) is 39.2 Å². The van der Waals surface area contributed by atoms with Gasteiger partial charge in [0.15, 0.2) is 11.6 Å². The highest BCUT2D eigenvalue weighted by molar-refractivity contribution is 7.92. The van der Waals surface area contributed by atoms with Crippen LogP contribution in [0.2, 0.25) is 0 Å². The second-order valence-corrected chi connectivity index (χ2v) is 41.9. The van der Waals surface area contributed by atoms with Crippen molar-refractivity contribution >= 4 is 89.2 Å². The van der Waals surface area contributed by atoms with Gasteiger partial charge in [0, 0.05) is 77.1 Å². The van der Waals surface area contributed by atoms with Gasteiger partial charge in [-0.15, -0.1) is 0 Å². The van der Waals surface area contributed by atoms with Crippen LogP contribution in [-0.2, 0) is 77.4 Å². The van der Waals surface area contributed by atoms with Crippen molar-refractivity contribution in [3.05, 3.63) is 72.1 Å². The van der Waals surface area contributed by atoms with Crippen LogP contribution in [0.15, 0.2) is 60.7 Å². The third kappa shape index (κ3) is 21.3. The van der Waals surface area contributed by atoms with Crippen molar-refractivity contribution in [1.29, 1.82) is 0 Å². The summed E-state index contributed by atoms with van der Waals surface area (Å²) in [5.74, 6) is -10.4. The molecule has 2 N–H and O–H groups in total. The van der Waals surface area contributed by atoms with Gasteiger partial charge in [-0.2, -0.15) is 26.3 Å². The van der Waals surface area contributed by atoms with Gasteiger partial charge in [-0.1, -0.05) is 65.8 Å². The number of Topliss-reactive ketones (excluding diaryl/α,β-unsaturated/α-hetero) is 2. The number of amides is 4. The summed E-state index contributed by atoms with van der Waals surface area (Å²) in [5, 5.41) is 0. The molecule has 28 nitrogen and oxygen atoms in total. The van der Waals surface area contributed by atoms with E-state index in [1.54, 1.807) is 50.2 Å². The Kier molecular flexibility index (Phi) is 28.6. The van der Waals surface area contributed by atoms with Crippen molar-refractivity contribution in [3.63, 3.8) is 0 Å². The molecule has 4 amide bonds. The molecule has 12 rings (SSSR count). The standard InChI is InChI=1S/2C44H59F3N4O10S/c2*1-25(2)37-38(49-33-18-29(59-8)13-14-32(33)48-37)60-30-19-34-35(52)22-43(40(55)50-62(56,57)42(6)15-16-42)21-28(43)12-10-9-11-26(3)17-27(24-58-7)31(39(54)51(34)23-30)20-36(53)61-41(4,5)44(45,46)47/h2*10,12-14,18,25-28,30-31,34H,9,11,15-17,19-24H2,1-8H3,(H,50,55)/b2*12-10-/t26-,27+,28-,30-,31+,34+,43-;26-,27-,28+,30+,31-,34-,43+/m10/s1. The lowest BCUT2D eigenvalue weighted by Gasteiger charge is -2.34. The number of benzene rings is 2. The maximum absolute atomic E-state index is 15.1. The Bertz CT molecular complexity index is 4690. The van der Waals surface area contributed by atoms with Gasteiger partial charge in [0.2, 0.25) is 66.6 Å². The first-order chi connectivity index (χ1) is 57.9. The monoisotopic (exact) mass is 1780 g/mol. The van der Waals surface area contributed by atoms with Gasteiger partial charge in [-0.25, -0.2) is 36.8 Å². The number of hydrogen-bond acceptors (Lipinski definition) is 24. The van der Waals surface area contributed by atoms with Crippen LogP contribution in [0.4, 0.5) is 26.3 Å². The van der Waals surface area contributed by atoms with Crippen LogP contribution >= 0.6 is 0 Å². The van der Waals surface area contributed by atoms with E-state index in [0.717, 1.165) is 27.7 Å². The number of fused-ring (bicyclic) bond motifs is 6. The van der Waals surface area contributed by atoms with Crippen LogP contribution in [0.25, 0.3) is 22.1 Å². The lowest BCUT2D eigenvalue weighted by atomic mass is 9.81. The Balaban J connectivity index is 0.000000241. The number of allylic oxidation sites excluding steroid dienone is 4. The summed E-state index contributed by atoms with van der Waals surface area (Å²) < 4.78 is 184. The average Bonchev–Trinajstić information content (AvgIpc) is 1.57. The summed E-state index contributed by atoms with van der Waals surface area (Å²) in [6.07, 6.45) is -1.44. The molecule has 124 heavy (non-hydrogen) atoms. The van der Waals surface area contributed by atoms with Gasteiger partial charge in [0.05, 0.1) is 106 Å². The number of hydrogen-bond donors (Lipinski definition) is 2. The van der Waals surface area contributed by atoms with E-state index < -0.39 is 197 Å². The predicted molar refractivity (Wildman–Crippen MR) is 443 cm³/mol. The first-order valence-corrected chi connectivity index (χ1v) is 45.6. The Hall–Kier alpha value is -8.64. The lowest BCUT2D eigenvalue weighted by Crippen LogP contribution is -2.49. The van der Waals surface area contributed by atoms with E-state index in [1.165, 1.54) is 38.2 Å². The van der Waals surface area contributed by atoms with Crippen LogP contribution in [0, 0.1) is 58.2 Å². The molecule has 8 aliphatic rings. The Morgan fingerprint density at radius 2 is 0.887 bits per heavy atom. The Labute approximate surface area is 720 Å². The Morgan fingerprint density at radius 1 is 0.532 bits per heavy atom. The van der Waals surface area contributed by atoms with Gasteiger partial charge in [-0.05, 0) is 178 Å². The van der Waals surface area contributed by atoms with E-state index in [9.17, 15) is 71.9 Å². The number of aromatic nitrogens is 4. The second-order valence-electron chi connectivity index (χ2n) is 37.5. The zero-order chi connectivity index (χ0) is 91.2. The van der Waals surface area contributed by atoms with Gasteiger partial charge < -0.3 is 47.7 Å². The third-order valence-electron chi connectivity index (χ3n) is 26.2. The molecule has 0 radical (unpaired) electrons. The zero-order valence-corrected chi connectivity index (χ0v) is 75.0. The highest BCUT2D eigenvalue weighted by Gasteiger charge is 2.65. The first kappa shape index (κ1) is 96.0. The van der Waals surface area contributed by atoms with Crippen molar-refractivity contribution in [2.45, 2.75) is 268 Å². The first-order valence-electron chi connectivity index (χ1n) is 42.6. The minimum Gasteiger partial charge on any atom is -0.497 e. The molecule has 4 saturated carbocycles. The average molecular weight is 1790 g/mol. The van der Waals surface area contributed by atoms with E-state index in [-0.39, 0.29) is 87.4 Å². The molecule has 4 aliphatic heterocycles. The topological polar surface area (TPSA) is 361 Å². The second kappa shape index (κ2) is 37.0. The molecule has 684 valence electrons. The molecule has 4 aliphatic carbocycles. The number of rotatable bonds is 24. The van der Waals surface area contributed by atoms with E-state index in [0.29, 0.717) is 109 Å². The highest BCUT2D eigenvalue weighted by Crippen LogP contribution is 2.60. The zero-order valence-electron chi connectivity index (χ0n) is 73.3. The molecule has 4 aromatic rings. The molecule has 2 aromatic carbocycles. The van der Waals surface area contributed by atoms with Gasteiger partial charge >= 0.3 is 24.3 Å². The molecular formula is C88H118F6N8O20S2. The molecule has 2 aromatic heterocycles. The van der Waals surface area contributed by atoms with Crippen molar-refractivity contribution < 1.29 is 119 Å². The smallest absolute Gasteiger partial charge is 0.427 e. The fraction of sp³-hybridized carbons (Fsp3) is 0.682. The SMILES string of the molecule is COC[C@@H]1C[C@@H](C)CC/C=C\[C@@H]2C[C@@]2(C(=O)NS(=O)(=O)C2(C)CC2)CC(=O)[C@@H]2C[C@@H](Oc3nc4cc(OC)ccc4nc3C(C)C)CN2C(=O)[C@H]1CC(=O)OC(C)(C)C(F)(F)F.COC[C@@H]1C[C@H](C)CC/C=C\[C@@H]2C[C@@]2(C(=O)NS(=O)(=O)C2(C)CC2)CC(=O)[C@@H]2C[C@@H](Oc3nc4cc(OC)ccc4nc3C(C)C)CN2C(=O)[C@H]1CC(=O)OC(C)(C)C(F)(F)F. The molecule has 2 saturated heterocycles. The summed E-state index contributed by atoms with van der Waals surface area (Å²) in [6.45, 7) is 17.2. The fourth-order valence-corrected chi connectivity index (χ4v) is 19.9. The number of carbonyl (C=O) groups excluding carboxylic acids is 8. The highest BCUT2D eigenvalue weighted by atomic mass is 32.2. The summed E-state index contributed by atoms with van der Waals surface area (Å²) >= 11 is 0. The number of ketones is 2. The van der Waals surface area contributed by atoms with Crippen molar-refractivity contribution in [2.24, 2.45) is 58.2 Å². The maximum Gasteiger partial charge on any atom is 0.427 e. The minimum absolute atomic E-state index is 0.0223. The molecular weight excluding hydrogens is 1670 g/mol. The third-order valence-corrected chi connectivity index (χ3v) is 30.6. The largest absolute Gasteiger partial charge is 0.497 e. The lowest BCUT2D eigenvalue weighted by molar-refractivity contribution is -0.257. The number of nitrogens with one attached hydrogen (secondary N) is 2. The molecule has 36 heteroatoms. The summed E-state index contributed by atoms with van der Waals surface area (Å²) in [6, 6.07) is 7.97. The van der Waals surface area contributed by atoms with Crippen molar-refractivity contribution in [2.75, 3.05) is 54.7 Å². The predicted octanol–water partition coefficient (Wildman–Crippen LogP) is 13.2. The van der Waals surface area contributed by atoms with Gasteiger partial charge in [-0.3, -0.25) is 47.8 Å². The number of nitrogens with zero attached hydrogens (tertiary/aromatic N) is 6. The molecule has 0 unspecified atom stereocenters. The number of halogens is 6. The molecule has 0 spiro atoms. The van der Waals surface area contributed by atoms with E-state index in [2.05, 4.69) is 9.44 Å². The van der Waals surface area contributed by atoms with Crippen LogP contribution in [-0.4, -0.2) is 206 Å². The fourth-order valence-electron chi connectivity index (χ4n) is 17.3. The molecule has 6 heterocycles. The Morgan fingerprint density at radius 3 is 1.20 bits per heavy atom. The number of sulfonamides is 2. The summed E-state index contributed by atoms with van der Waals surface area (Å²) in [5.41, 5.74) is -5.39. The van der Waals surface area contributed by atoms with Gasteiger partial charge in [0.1, 0.15) is 35.1 Å².